The van der Waals surface area contributed by atoms with Gasteiger partial charge >= 0.3 is 0 Å². The van der Waals surface area contributed by atoms with Crippen LogP contribution in [0, 0.1) is 5.82 Å². The van der Waals surface area contributed by atoms with E-state index in [1.807, 2.05) is 12.1 Å². The normalized spacial score (nSPS) is 15.5. The van der Waals surface area contributed by atoms with Gasteiger partial charge in [0.1, 0.15) is 11.6 Å². The molecule has 1 amide bonds. The number of primary amides is 1. The number of carbonyl (C=O) groups is 1. The number of ether oxygens (including phenoxy) is 1. The molecule has 1 heterocycles. The van der Waals surface area contributed by atoms with Gasteiger partial charge < -0.3 is 15.8 Å². The quantitative estimate of drug-likeness (QED) is 0.672. The molecule has 2 aromatic carbocycles. The smallest absolute Gasteiger partial charge is 0.255 e. The van der Waals surface area contributed by atoms with Gasteiger partial charge in [-0.25, -0.2) is 4.39 Å². The number of hydrogen-bond donors (Lipinski definition) is 2. The van der Waals surface area contributed by atoms with Crippen LogP contribution in [0.25, 0.3) is 0 Å². The summed E-state index contributed by atoms with van der Waals surface area (Å²) < 4.78 is 19.8. The minimum absolute atomic E-state index is 0.102. The first-order chi connectivity index (χ1) is 13.5. The molecule has 0 aromatic heterocycles. The Labute approximate surface area is 169 Å². The van der Waals surface area contributed by atoms with E-state index in [1.54, 1.807) is 24.3 Å². The lowest BCUT2D eigenvalue weighted by Crippen LogP contribution is -2.34. The van der Waals surface area contributed by atoms with Gasteiger partial charge in [0.2, 0.25) is 0 Å². The first-order valence-corrected chi connectivity index (χ1v) is 9.81. The van der Waals surface area contributed by atoms with Crippen LogP contribution in [0.4, 0.5) is 4.39 Å². The Morgan fingerprint density at radius 2 is 1.93 bits per heavy atom. The molecule has 0 radical (unpaired) electrons. The molecule has 150 valence electrons. The van der Waals surface area contributed by atoms with E-state index >= 15 is 0 Å². The molecule has 1 atom stereocenters. The second-order valence-electron chi connectivity index (χ2n) is 6.92. The Morgan fingerprint density at radius 1 is 1.21 bits per heavy atom. The van der Waals surface area contributed by atoms with E-state index in [1.165, 1.54) is 6.07 Å². The van der Waals surface area contributed by atoms with E-state index in [0.717, 1.165) is 31.5 Å². The summed E-state index contributed by atoms with van der Waals surface area (Å²) in [7, 11) is 0. The topological polar surface area (TPSA) is 67.6 Å². The van der Waals surface area contributed by atoms with Crippen LogP contribution in [-0.2, 0) is 11.3 Å². The lowest BCUT2D eigenvalue weighted by molar-refractivity contribution is -0.119. The molecular formula is C21H25ClFN3O2. The third kappa shape index (κ3) is 5.44. The minimum atomic E-state index is -0.509. The molecule has 0 saturated carbocycles. The SMILES string of the molecule is NC(=O)COc1ccc(CNC[C@@H](c2c(F)cccc2Cl)N2CCCC2)cc1. The van der Waals surface area contributed by atoms with Gasteiger partial charge in [-0.05, 0) is 55.8 Å². The summed E-state index contributed by atoms with van der Waals surface area (Å²) in [6.45, 7) is 2.98. The van der Waals surface area contributed by atoms with Gasteiger partial charge in [0.15, 0.2) is 6.61 Å². The van der Waals surface area contributed by atoms with E-state index in [0.29, 0.717) is 29.4 Å². The fourth-order valence-corrected chi connectivity index (χ4v) is 3.80. The zero-order valence-electron chi connectivity index (χ0n) is 15.7. The van der Waals surface area contributed by atoms with Crippen LogP contribution in [-0.4, -0.2) is 37.0 Å². The average molecular weight is 406 g/mol. The van der Waals surface area contributed by atoms with E-state index in [-0.39, 0.29) is 18.5 Å². The Morgan fingerprint density at radius 3 is 2.57 bits per heavy atom. The zero-order valence-corrected chi connectivity index (χ0v) is 16.4. The molecule has 1 aliphatic rings. The lowest BCUT2D eigenvalue weighted by atomic mass is 10.0. The fourth-order valence-electron chi connectivity index (χ4n) is 3.51. The number of likely N-dealkylation sites (tertiary alicyclic amines) is 1. The number of benzene rings is 2. The number of nitrogens with one attached hydrogen (secondary N) is 1. The average Bonchev–Trinajstić information content (AvgIpc) is 3.20. The van der Waals surface area contributed by atoms with Gasteiger partial charge in [0, 0.05) is 23.7 Å². The summed E-state index contributed by atoms with van der Waals surface area (Å²) in [5.41, 5.74) is 6.70. The molecule has 0 aliphatic carbocycles. The zero-order chi connectivity index (χ0) is 19.9. The molecule has 2 aromatic rings. The summed E-state index contributed by atoms with van der Waals surface area (Å²) >= 11 is 6.33. The minimum Gasteiger partial charge on any atom is -0.484 e. The molecule has 1 aliphatic heterocycles. The maximum atomic E-state index is 14.5. The number of hydrogen-bond acceptors (Lipinski definition) is 4. The van der Waals surface area contributed by atoms with Crippen molar-refractivity contribution in [3.8, 4) is 5.75 Å². The summed E-state index contributed by atoms with van der Waals surface area (Å²) in [6.07, 6.45) is 2.24. The van der Waals surface area contributed by atoms with Crippen LogP contribution in [0.2, 0.25) is 5.02 Å². The highest BCUT2D eigenvalue weighted by molar-refractivity contribution is 6.31. The monoisotopic (exact) mass is 405 g/mol. The van der Waals surface area contributed by atoms with E-state index < -0.39 is 5.91 Å². The second kappa shape index (κ2) is 9.87. The highest BCUT2D eigenvalue weighted by Gasteiger charge is 2.27. The number of halogens is 2. The molecule has 3 N–H and O–H groups in total. The summed E-state index contributed by atoms with van der Waals surface area (Å²) in [5, 5.41) is 3.89. The predicted octanol–water partition coefficient (Wildman–Crippen LogP) is 3.27. The van der Waals surface area contributed by atoms with Crippen molar-refractivity contribution in [2.24, 2.45) is 5.73 Å². The van der Waals surface area contributed by atoms with Crippen molar-refractivity contribution in [1.29, 1.82) is 0 Å². The predicted molar refractivity (Wildman–Crippen MR) is 108 cm³/mol. The largest absolute Gasteiger partial charge is 0.484 e. The maximum Gasteiger partial charge on any atom is 0.255 e. The summed E-state index contributed by atoms with van der Waals surface area (Å²) in [5.74, 6) is -0.178. The van der Waals surface area contributed by atoms with Crippen LogP contribution in [0.15, 0.2) is 42.5 Å². The molecule has 0 unspecified atom stereocenters. The molecule has 0 bridgehead atoms. The Kier molecular flexibility index (Phi) is 7.25. The first kappa shape index (κ1) is 20.6. The molecular weight excluding hydrogens is 381 g/mol. The third-order valence-corrected chi connectivity index (χ3v) is 5.22. The van der Waals surface area contributed by atoms with Crippen molar-refractivity contribution in [2.75, 3.05) is 26.2 Å². The van der Waals surface area contributed by atoms with Crippen LogP contribution in [0.3, 0.4) is 0 Å². The molecule has 5 nitrogen and oxygen atoms in total. The third-order valence-electron chi connectivity index (χ3n) is 4.89. The number of amides is 1. The van der Waals surface area contributed by atoms with Crippen LogP contribution in [0.1, 0.15) is 30.0 Å². The lowest BCUT2D eigenvalue weighted by Gasteiger charge is -2.29. The number of carbonyl (C=O) groups excluding carboxylic acids is 1. The fraction of sp³-hybridized carbons (Fsp3) is 0.381. The van der Waals surface area contributed by atoms with Crippen LogP contribution < -0.4 is 15.8 Å². The number of rotatable bonds is 9. The standard InChI is InChI=1S/C21H25ClFN3O2/c22-17-4-3-5-18(23)21(17)19(26-10-1-2-11-26)13-25-12-15-6-8-16(9-7-15)28-14-20(24)27/h3-9,19,25H,1-2,10-14H2,(H2,24,27)/t19-/m0/s1. The van der Waals surface area contributed by atoms with Gasteiger partial charge in [-0.15, -0.1) is 0 Å². The Bertz CT molecular complexity index is 774. The molecule has 7 heteroatoms. The van der Waals surface area contributed by atoms with Crippen molar-refractivity contribution >= 4 is 17.5 Å². The van der Waals surface area contributed by atoms with Crippen LogP contribution in [0.5, 0.6) is 5.75 Å². The van der Waals surface area contributed by atoms with Crippen molar-refractivity contribution < 1.29 is 13.9 Å². The Balaban J connectivity index is 1.62. The molecule has 1 saturated heterocycles. The second-order valence-corrected chi connectivity index (χ2v) is 7.33. The van der Waals surface area contributed by atoms with E-state index in [9.17, 15) is 9.18 Å². The van der Waals surface area contributed by atoms with Crippen LogP contribution >= 0.6 is 11.6 Å². The molecule has 1 fully saturated rings. The van der Waals surface area contributed by atoms with Crippen molar-refractivity contribution in [3.63, 3.8) is 0 Å². The van der Waals surface area contributed by atoms with Gasteiger partial charge in [0.25, 0.3) is 5.91 Å². The number of nitrogens with zero attached hydrogens (tertiary/aromatic N) is 1. The van der Waals surface area contributed by atoms with Gasteiger partial charge in [-0.3, -0.25) is 9.69 Å². The molecule has 28 heavy (non-hydrogen) atoms. The first-order valence-electron chi connectivity index (χ1n) is 9.43. The maximum absolute atomic E-state index is 14.5. The van der Waals surface area contributed by atoms with Crippen molar-refractivity contribution in [3.05, 3.63) is 64.4 Å². The summed E-state index contributed by atoms with van der Waals surface area (Å²) in [6, 6.07) is 12.2. The summed E-state index contributed by atoms with van der Waals surface area (Å²) in [4.78, 5) is 13.1. The van der Waals surface area contributed by atoms with Gasteiger partial charge in [-0.2, -0.15) is 0 Å². The molecule has 3 rings (SSSR count). The van der Waals surface area contributed by atoms with Crippen molar-refractivity contribution in [1.82, 2.24) is 10.2 Å². The Hall–Kier alpha value is -2.15. The van der Waals surface area contributed by atoms with Crippen molar-refractivity contribution in [2.45, 2.75) is 25.4 Å². The highest BCUT2D eigenvalue weighted by Crippen LogP contribution is 2.32. The van der Waals surface area contributed by atoms with Gasteiger partial charge in [0.05, 0.1) is 6.04 Å². The van der Waals surface area contributed by atoms with E-state index in [4.69, 9.17) is 22.1 Å². The number of nitrogens with two attached hydrogens (primary N) is 1. The highest BCUT2D eigenvalue weighted by atomic mass is 35.5. The van der Waals surface area contributed by atoms with E-state index in [2.05, 4.69) is 10.2 Å². The molecule has 0 spiro atoms. The van der Waals surface area contributed by atoms with Gasteiger partial charge in [-0.1, -0.05) is 29.8 Å².